The molecule has 1 nitrogen and oxygen atoms in total. The van der Waals surface area contributed by atoms with Gasteiger partial charge in [-0.1, -0.05) is 36.9 Å². The summed E-state index contributed by atoms with van der Waals surface area (Å²) in [5, 5.41) is 0. The summed E-state index contributed by atoms with van der Waals surface area (Å²) in [6, 6.07) is 10.3. The van der Waals surface area contributed by atoms with E-state index in [1.807, 2.05) is 32.3 Å². The highest BCUT2D eigenvalue weighted by Gasteiger charge is 1.97. The van der Waals surface area contributed by atoms with Crippen molar-refractivity contribution in [3.63, 3.8) is 0 Å². The van der Waals surface area contributed by atoms with Crippen LogP contribution in [-0.4, -0.2) is 25.5 Å². The lowest BCUT2D eigenvalue weighted by Crippen LogP contribution is -2.13. The molecule has 0 atom stereocenters. The molecule has 1 aromatic carbocycles. The molecule has 12 heavy (non-hydrogen) atoms. The van der Waals surface area contributed by atoms with Gasteiger partial charge in [0.1, 0.15) is 0 Å². The minimum atomic E-state index is 0.921. The third-order valence-corrected chi connectivity index (χ3v) is 1.69. The van der Waals surface area contributed by atoms with Crippen LogP contribution in [0.25, 0.3) is 5.57 Å². The van der Waals surface area contributed by atoms with Gasteiger partial charge in [-0.05, 0) is 25.2 Å². The highest BCUT2D eigenvalue weighted by atomic mass is 15.0. The van der Waals surface area contributed by atoms with Crippen LogP contribution < -0.4 is 0 Å². The summed E-state index contributed by atoms with van der Waals surface area (Å²) in [6.07, 6.45) is 0. The lowest BCUT2D eigenvalue weighted by atomic mass is 10.1. The smallest absolute Gasteiger partial charge is 0.0227 e. The van der Waals surface area contributed by atoms with Crippen LogP contribution in [-0.2, 0) is 0 Å². The first-order chi connectivity index (χ1) is 5.70. The Morgan fingerprint density at radius 3 is 2.33 bits per heavy atom. The summed E-state index contributed by atoms with van der Waals surface area (Å²) in [7, 11) is 4.10. The molecule has 0 aliphatic rings. The van der Waals surface area contributed by atoms with Gasteiger partial charge < -0.3 is 4.90 Å². The molecule has 0 heterocycles. The lowest BCUT2D eigenvalue weighted by Gasteiger charge is -2.11. The van der Waals surface area contributed by atoms with Crippen molar-refractivity contribution in [2.24, 2.45) is 0 Å². The molecule has 0 bridgehead atoms. The zero-order chi connectivity index (χ0) is 8.97. The Hall–Kier alpha value is -1.08. The fraction of sp³-hybridized carbons (Fsp3) is 0.273. The molecular weight excluding hydrogens is 146 g/mol. The zero-order valence-corrected chi connectivity index (χ0v) is 7.75. The van der Waals surface area contributed by atoms with E-state index >= 15 is 0 Å². The number of rotatable bonds is 3. The van der Waals surface area contributed by atoms with Crippen molar-refractivity contribution in [3.8, 4) is 0 Å². The van der Waals surface area contributed by atoms with E-state index in [0.717, 1.165) is 6.54 Å². The van der Waals surface area contributed by atoms with E-state index in [1.54, 1.807) is 0 Å². The predicted molar refractivity (Wildman–Crippen MR) is 54.0 cm³/mol. The largest absolute Gasteiger partial charge is 0.305 e. The zero-order valence-electron chi connectivity index (χ0n) is 7.75. The standard InChI is InChI=1S/C11H15N/c1-10(9-12(2)3)11-7-5-4-6-8-11/h4-8H,1,9H2,2-3H3. The van der Waals surface area contributed by atoms with E-state index in [-0.39, 0.29) is 0 Å². The second-order valence-electron chi connectivity index (χ2n) is 3.21. The molecule has 0 spiro atoms. The normalized spacial score (nSPS) is 10.2. The Labute approximate surface area is 74.3 Å². The van der Waals surface area contributed by atoms with Crippen molar-refractivity contribution in [1.29, 1.82) is 0 Å². The van der Waals surface area contributed by atoms with Gasteiger partial charge >= 0.3 is 0 Å². The van der Waals surface area contributed by atoms with Crippen LogP contribution in [0.1, 0.15) is 5.56 Å². The maximum Gasteiger partial charge on any atom is 0.0227 e. The van der Waals surface area contributed by atoms with E-state index < -0.39 is 0 Å². The van der Waals surface area contributed by atoms with Gasteiger partial charge in [0.05, 0.1) is 0 Å². The number of hydrogen-bond donors (Lipinski definition) is 0. The Bertz CT molecular complexity index is 249. The van der Waals surface area contributed by atoms with Gasteiger partial charge in [-0.2, -0.15) is 0 Å². The number of nitrogens with zero attached hydrogens (tertiary/aromatic N) is 1. The molecule has 0 saturated heterocycles. The van der Waals surface area contributed by atoms with Crippen LogP contribution in [0.2, 0.25) is 0 Å². The molecule has 1 aromatic rings. The highest BCUT2D eigenvalue weighted by molar-refractivity contribution is 5.64. The summed E-state index contributed by atoms with van der Waals surface area (Å²) in [5.41, 5.74) is 2.40. The quantitative estimate of drug-likeness (QED) is 0.657. The van der Waals surface area contributed by atoms with E-state index in [0.29, 0.717) is 0 Å². The fourth-order valence-electron chi connectivity index (χ4n) is 1.15. The lowest BCUT2D eigenvalue weighted by molar-refractivity contribution is 0.463. The molecule has 1 rings (SSSR count). The summed E-state index contributed by atoms with van der Waals surface area (Å²) in [5.74, 6) is 0. The first kappa shape index (κ1) is 9.01. The molecular formula is C11H15N. The van der Waals surface area contributed by atoms with Crippen LogP contribution in [0.4, 0.5) is 0 Å². The van der Waals surface area contributed by atoms with E-state index in [9.17, 15) is 0 Å². The maximum atomic E-state index is 4.02. The number of hydrogen-bond acceptors (Lipinski definition) is 1. The molecule has 0 aliphatic heterocycles. The minimum Gasteiger partial charge on any atom is -0.305 e. The highest BCUT2D eigenvalue weighted by Crippen LogP contribution is 2.11. The molecule has 1 heteroatoms. The van der Waals surface area contributed by atoms with Crippen LogP contribution >= 0.6 is 0 Å². The van der Waals surface area contributed by atoms with Crippen LogP contribution in [0.15, 0.2) is 36.9 Å². The van der Waals surface area contributed by atoms with Crippen molar-refractivity contribution in [1.82, 2.24) is 4.90 Å². The first-order valence-corrected chi connectivity index (χ1v) is 4.08. The fourth-order valence-corrected chi connectivity index (χ4v) is 1.15. The van der Waals surface area contributed by atoms with Gasteiger partial charge in [0.2, 0.25) is 0 Å². The Morgan fingerprint density at radius 2 is 1.83 bits per heavy atom. The summed E-state index contributed by atoms with van der Waals surface area (Å²) < 4.78 is 0. The second-order valence-corrected chi connectivity index (χ2v) is 3.21. The third-order valence-electron chi connectivity index (χ3n) is 1.69. The van der Waals surface area contributed by atoms with Gasteiger partial charge in [0.15, 0.2) is 0 Å². The number of benzene rings is 1. The predicted octanol–water partition coefficient (Wildman–Crippen LogP) is 2.26. The van der Waals surface area contributed by atoms with E-state index in [2.05, 4.69) is 23.6 Å². The van der Waals surface area contributed by atoms with E-state index in [1.165, 1.54) is 11.1 Å². The first-order valence-electron chi connectivity index (χ1n) is 4.08. The van der Waals surface area contributed by atoms with Gasteiger partial charge in [-0.25, -0.2) is 0 Å². The molecule has 0 fully saturated rings. The van der Waals surface area contributed by atoms with E-state index in [4.69, 9.17) is 0 Å². The summed E-state index contributed by atoms with van der Waals surface area (Å²) in [6.45, 7) is 4.94. The van der Waals surface area contributed by atoms with Gasteiger partial charge in [0.25, 0.3) is 0 Å². The molecule has 0 unspecified atom stereocenters. The van der Waals surface area contributed by atoms with Gasteiger partial charge in [-0.3, -0.25) is 0 Å². The van der Waals surface area contributed by atoms with Crippen LogP contribution in [0, 0.1) is 0 Å². The van der Waals surface area contributed by atoms with Crippen LogP contribution in [0.3, 0.4) is 0 Å². The monoisotopic (exact) mass is 161 g/mol. The Balaban J connectivity index is 2.66. The molecule has 0 amide bonds. The molecule has 0 aromatic heterocycles. The van der Waals surface area contributed by atoms with Crippen LogP contribution in [0.5, 0.6) is 0 Å². The second kappa shape index (κ2) is 4.07. The molecule has 0 N–H and O–H groups in total. The summed E-state index contributed by atoms with van der Waals surface area (Å²) >= 11 is 0. The molecule has 0 aliphatic carbocycles. The molecule has 64 valence electrons. The van der Waals surface area contributed by atoms with Gasteiger partial charge in [-0.15, -0.1) is 0 Å². The Morgan fingerprint density at radius 1 is 1.25 bits per heavy atom. The average molecular weight is 161 g/mol. The van der Waals surface area contributed by atoms with Crippen molar-refractivity contribution in [3.05, 3.63) is 42.5 Å². The van der Waals surface area contributed by atoms with Crippen molar-refractivity contribution in [2.75, 3.05) is 20.6 Å². The maximum absolute atomic E-state index is 4.02. The third kappa shape index (κ3) is 2.51. The topological polar surface area (TPSA) is 3.24 Å². The van der Waals surface area contributed by atoms with Crippen molar-refractivity contribution >= 4 is 5.57 Å². The van der Waals surface area contributed by atoms with Crippen molar-refractivity contribution < 1.29 is 0 Å². The SMILES string of the molecule is C=C(CN(C)C)c1ccccc1. The Kier molecular flexibility index (Phi) is 3.06. The minimum absolute atomic E-state index is 0.921. The number of likely N-dealkylation sites (N-methyl/N-ethyl adjacent to an activating group) is 1. The van der Waals surface area contributed by atoms with Crippen molar-refractivity contribution in [2.45, 2.75) is 0 Å². The summed E-state index contributed by atoms with van der Waals surface area (Å²) in [4.78, 5) is 2.12. The molecule has 0 saturated carbocycles. The average Bonchev–Trinajstić information content (AvgIpc) is 2.05. The molecule has 0 radical (unpaired) electrons. The van der Waals surface area contributed by atoms with Gasteiger partial charge in [0, 0.05) is 6.54 Å².